The molecule has 76 heavy (non-hydrogen) atoms. The van der Waals surface area contributed by atoms with Crippen molar-refractivity contribution in [2.24, 2.45) is 29.0 Å². The van der Waals surface area contributed by atoms with Crippen molar-refractivity contribution in [3.8, 4) is 0 Å². The molecule has 428 valence electrons. The van der Waals surface area contributed by atoms with Crippen LogP contribution in [0.5, 0.6) is 0 Å². The van der Waals surface area contributed by atoms with Crippen LogP contribution in [0.15, 0.2) is 12.5 Å². The van der Waals surface area contributed by atoms with Crippen LogP contribution in [0.25, 0.3) is 0 Å². The van der Waals surface area contributed by atoms with Crippen LogP contribution < -0.4 is 54.4 Å². The highest BCUT2D eigenvalue weighted by atomic mass is 16.4. The molecule has 0 aliphatic carbocycles. The van der Waals surface area contributed by atoms with Gasteiger partial charge in [0.05, 0.1) is 19.0 Å². The smallest absolute Gasteiger partial charge is 0.326 e. The first-order chi connectivity index (χ1) is 35.9. The summed E-state index contributed by atoms with van der Waals surface area (Å²) in [7, 11) is 0. The zero-order valence-electron chi connectivity index (χ0n) is 43.8. The number of H-pyrrole nitrogens is 1. The van der Waals surface area contributed by atoms with Gasteiger partial charge in [-0.15, -0.1) is 0 Å². The van der Waals surface area contributed by atoms with E-state index < -0.39 is 139 Å². The van der Waals surface area contributed by atoms with E-state index in [-0.39, 0.29) is 82.7 Å². The lowest BCUT2D eigenvalue weighted by Crippen LogP contribution is -2.60. The molecule has 2 rings (SSSR count). The highest BCUT2D eigenvalue weighted by Crippen LogP contribution is 2.21. The van der Waals surface area contributed by atoms with E-state index in [4.69, 9.17) is 22.3 Å². The second kappa shape index (κ2) is 34.0. The average molecular weight is 1080 g/mol. The summed E-state index contributed by atoms with van der Waals surface area (Å²) < 4.78 is 0. The highest BCUT2D eigenvalue weighted by Gasteiger charge is 2.40. The quantitative estimate of drug-likeness (QED) is 0.0292. The number of rotatable bonds is 37. The van der Waals surface area contributed by atoms with Gasteiger partial charge in [-0.05, 0) is 102 Å². The molecule has 1 aliphatic rings. The lowest BCUT2D eigenvalue weighted by atomic mass is 9.99. The molecule has 2 heterocycles. The Bertz CT molecular complexity index is 2090. The van der Waals surface area contributed by atoms with Gasteiger partial charge < -0.3 is 84.7 Å². The van der Waals surface area contributed by atoms with Gasteiger partial charge in [0, 0.05) is 37.7 Å². The van der Waals surface area contributed by atoms with Gasteiger partial charge in [0.15, 0.2) is 0 Å². The second-order valence-corrected chi connectivity index (χ2v) is 19.7. The third-order valence-corrected chi connectivity index (χ3v) is 12.4. The number of hydrogen-bond donors (Lipinski definition) is 15. The summed E-state index contributed by atoms with van der Waals surface area (Å²) in [5.41, 5.74) is 17.6. The molecule has 0 bridgehead atoms. The summed E-state index contributed by atoms with van der Waals surface area (Å²) in [5, 5.41) is 56.0. The minimum atomic E-state index is -1.69. The lowest BCUT2D eigenvalue weighted by molar-refractivity contribution is -0.142. The van der Waals surface area contributed by atoms with Crippen LogP contribution in [-0.2, 0) is 59.2 Å². The van der Waals surface area contributed by atoms with Crippen molar-refractivity contribution in [3.63, 3.8) is 0 Å². The summed E-state index contributed by atoms with van der Waals surface area (Å²) in [5.74, 6) is -11.1. The summed E-state index contributed by atoms with van der Waals surface area (Å²) >= 11 is 0. The van der Waals surface area contributed by atoms with Gasteiger partial charge in [0.1, 0.15) is 48.3 Å². The number of carboxylic acids is 3. The van der Waals surface area contributed by atoms with Crippen LogP contribution in [0.1, 0.15) is 123 Å². The Hall–Kier alpha value is -6.78. The number of nitrogens with two attached hydrogens (primary N) is 3. The first-order valence-corrected chi connectivity index (χ1v) is 25.8. The van der Waals surface area contributed by atoms with E-state index in [9.17, 15) is 68.1 Å². The molecule has 0 unspecified atom stereocenters. The Morgan fingerprint density at radius 2 is 1.08 bits per heavy atom. The molecule has 1 fully saturated rings. The number of carbonyl (C=O) groups is 11. The molecule has 1 saturated heterocycles. The van der Waals surface area contributed by atoms with Crippen molar-refractivity contribution < 1.29 is 73.2 Å². The number of aromatic nitrogens is 2. The SMILES string of the molecule is CC(C)C[C@H](NC(=O)[C@H](CC(C)C)NC(=O)[C@@H]1CCCN1C(=O)[C@H](CCCCN)NC(=O)[C@@H](N)CCC(=O)O)C(=O)N[C@@H](CCC(=O)O)C(=O)N[C@@H](CCCCN)C(=O)N[C@@H](CO)C(=O)N[C@@H](Cc1cnc[nH]1)C(=O)O. The number of aromatic amines is 1. The Balaban J connectivity index is 2.34. The van der Waals surface area contributed by atoms with Crippen molar-refractivity contribution in [2.45, 2.75) is 178 Å². The molecule has 0 radical (unpaired) electrons. The third-order valence-electron chi connectivity index (χ3n) is 12.4. The number of carboxylic acid groups (broad SMARTS) is 3. The normalized spacial score (nSPS) is 16.4. The van der Waals surface area contributed by atoms with E-state index in [1.54, 1.807) is 27.7 Å². The molecule has 28 nitrogen and oxygen atoms in total. The van der Waals surface area contributed by atoms with Crippen molar-refractivity contribution in [2.75, 3.05) is 26.2 Å². The number of imidazole rings is 1. The molecular formula is C48H81N13O15. The standard InChI is InChI=1S/C48H81N13O15/c1-26(2)20-33(57-44(71)34(21-27(3)4)58-46(73)37-12-9-19-61(37)47(74)32(11-6-8-18-50)56-40(67)29(51)13-15-38(63)64)43(70)55-31(14-16-39(65)66)42(69)54-30(10-5-7-17-49)41(68)60-36(24-62)45(72)59-35(48(75)76)22-28-23-52-25-53-28/h23,25-27,29-37,62H,5-22,24,49-51H2,1-4H3,(H,52,53)(H,54,69)(H,55,70)(H,56,67)(H,57,71)(H,58,73)(H,59,72)(H,60,68)(H,63,64)(H,65,66)(H,75,76)/t29-,30-,31-,32-,33-,34-,35-,36-,37-/m0/s1. The molecular weight excluding hydrogens is 999 g/mol. The number of amides is 8. The summed E-state index contributed by atoms with van der Waals surface area (Å²) in [6.07, 6.45) is 3.11. The van der Waals surface area contributed by atoms with Crippen LogP contribution in [-0.4, -0.2) is 181 Å². The Morgan fingerprint density at radius 3 is 1.58 bits per heavy atom. The maximum atomic E-state index is 14.2. The number of nitrogens with one attached hydrogen (secondary N) is 8. The number of aliphatic hydroxyl groups excluding tert-OH is 1. The predicted octanol–water partition coefficient (Wildman–Crippen LogP) is -3.18. The maximum absolute atomic E-state index is 14.2. The molecule has 1 aliphatic heterocycles. The minimum Gasteiger partial charge on any atom is -0.481 e. The molecule has 9 atom stereocenters. The average Bonchev–Trinajstić information content (AvgIpc) is 4.07. The third kappa shape index (κ3) is 23.4. The monoisotopic (exact) mass is 1080 g/mol. The van der Waals surface area contributed by atoms with Gasteiger partial charge in [-0.1, -0.05) is 27.7 Å². The molecule has 28 heteroatoms. The maximum Gasteiger partial charge on any atom is 0.326 e. The number of carbonyl (C=O) groups excluding carboxylic acids is 8. The number of unbranched alkanes of at least 4 members (excludes halogenated alkanes) is 2. The largest absolute Gasteiger partial charge is 0.481 e. The van der Waals surface area contributed by atoms with Crippen LogP contribution in [0.3, 0.4) is 0 Å². The van der Waals surface area contributed by atoms with E-state index in [0.717, 1.165) is 0 Å². The molecule has 1 aromatic heterocycles. The fourth-order valence-electron chi connectivity index (χ4n) is 8.29. The van der Waals surface area contributed by atoms with Gasteiger partial charge >= 0.3 is 17.9 Å². The topological polar surface area (TPSA) is 463 Å². The zero-order valence-corrected chi connectivity index (χ0v) is 43.8. The Morgan fingerprint density at radius 1 is 0.618 bits per heavy atom. The number of aliphatic hydroxyl groups is 1. The molecule has 0 spiro atoms. The number of likely N-dealkylation sites (tertiary alicyclic amines) is 1. The minimum absolute atomic E-state index is 0.00528. The molecule has 1 aromatic rings. The Labute approximate surface area is 441 Å². The van der Waals surface area contributed by atoms with Crippen molar-refractivity contribution in [1.29, 1.82) is 0 Å². The summed E-state index contributed by atoms with van der Waals surface area (Å²) in [6, 6.07) is -12.3. The fraction of sp³-hybridized carbons (Fsp3) is 0.708. The van der Waals surface area contributed by atoms with Gasteiger partial charge in [-0.3, -0.25) is 47.9 Å². The lowest BCUT2D eigenvalue weighted by Gasteiger charge is -2.31. The summed E-state index contributed by atoms with van der Waals surface area (Å²) in [6.45, 7) is 6.75. The number of hydrogen-bond acceptors (Lipinski definition) is 16. The van der Waals surface area contributed by atoms with Crippen molar-refractivity contribution in [1.82, 2.24) is 52.1 Å². The first kappa shape index (κ1) is 65.3. The van der Waals surface area contributed by atoms with E-state index in [1.165, 1.54) is 17.4 Å². The van der Waals surface area contributed by atoms with Crippen LogP contribution in [0.4, 0.5) is 0 Å². The van der Waals surface area contributed by atoms with E-state index in [0.29, 0.717) is 37.9 Å². The highest BCUT2D eigenvalue weighted by molar-refractivity contribution is 5.98. The fourth-order valence-corrected chi connectivity index (χ4v) is 8.29. The van der Waals surface area contributed by atoms with E-state index in [2.05, 4.69) is 47.2 Å². The van der Waals surface area contributed by atoms with Crippen molar-refractivity contribution in [3.05, 3.63) is 18.2 Å². The molecule has 0 saturated carbocycles. The van der Waals surface area contributed by atoms with Crippen LogP contribution >= 0.6 is 0 Å². The van der Waals surface area contributed by atoms with Crippen LogP contribution in [0, 0.1) is 11.8 Å². The van der Waals surface area contributed by atoms with Gasteiger partial charge in [0.25, 0.3) is 0 Å². The first-order valence-electron chi connectivity index (χ1n) is 25.8. The number of aliphatic carboxylic acids is 3. The van der Waals surface area contributed by atoms with E-state index >= 15 is 0 Å². The zero-order chi connectivity index (χ0) is 57.1. The van der Waals surface area contributed by atoms with Gasteiger partial charge in [0.2, 0.25) is 47.3 Å². The summed E-state index contributed by atoms with van der Waals surface area (Å²) in [4.78, 5) is 153. The van der Waals surface area contributed by atoms with Crippen LogP contribution in [0.2, 0.25) is 0 Å². The van der Waals surface area contributed by atoms with Gasteiger partial charge in [-0.25, -0.2) is 9.78 Å². The van der Waals surface area contributed by atoms with E-state index in [1.807, 2.05) is 0 Å². The van der Waals surface area contributed by atoms with Gasteiger partial charge in [-0.2, -0.15) is 0 Å². The number of nitrogens with zero attached hydrogens (tertiary/aromatic N) is 2. The second-order valence-electron chi connectivity index (χ2n) is 19.7. The molecule has 18 N–H and O–H groups in total. The van der Waals surface area contributed by atoms with Crippen molar-refractivity contribution >= 4 is 65.2 Å². The predicted molar refractivity (Wildman–Crippen MR) is 272 cm³/mol. The Kier molecular flexibility index (Phi) is 29.2. The molecule has 0 aromatic carbocycles. The molecule has 8 amide bonds.